The van der Waals surface area contributed by atoms with Gasteiger partial charge in [0.25, 0.3) is 5.56 Å². The fourth-order valence-electron chi connectivity index (χ4n) is 0.957. The molecule has 0 bridgehead atoms. The van der Waals surface area contributed by atoms with Crippen molar-refractivity contribution in [2.24, 2.45) is 5.92 Å². The summed E-state index contributed by atoms with van der Waals surface area (Å²) in [6, 6.07) is 3.36. The monoisotopic (exact) mass is 166 g/mol. The van der Waals surface area contributed by atoms with Crippen LogP contribution in [0.5, 0.6) is 0 Å². The molecule has 0 aliphatic heterocycles. The molecule has 66 valence electrons. The van der Waals surface area contributed by atoms with Gasteiger partial charge < -0.3 is 0 Å². The Kier molecular flexibility index (Phi) is 2.63. The fourth-order valence-corrected chi connectivity index (χ4v) is 0.957. The van der Waals surface area contributed by atoms with Crippen LogP contribution < -0.4 is 5.56 Å². The van der Waals surface area contributed by atoms with E-state index in [1.165, 1.54) is 10.7 Å². The van der Waals surface area contributed by atoms with Gasteiger partial charge in [0.05, 0.1) is 6.04 Å². The van der Waals surface area contributed by atoms with Gasteiger partial charge in [0, 0.05) is 12.3 Å². The Balaban J connectivity index is 3.03. The van der Waals surface area contributed by atoms with Crippen LogP contribution in [0, 0.1) is 5.92 Å². The van der Waals surface area contributed by atoms with Crippen LogP contribution in [0.2, 0.25) is 0 Å². The molecular weight excluding hydrogens is 152 g/mol. The maximum absolute atomic E-state index is 11.3. The molecule has 3 nitrogen and oxygen atoms in total. The third kappa shape index (κ3) is 1.72. The van der Waals surface area contributed by atoms with E-state index in [4.69, 9.17) is 0 Å². The molecule has 0 spiro atoms. The van der Waals surface area contributed by atoms with Gasteiger partial charge in [-0.15, -0.1) is 0 Å². The van der Waals surface area contributed by atoms with E-state index < -0.39 is 0 Å². The quantitative estimate of drug-likeness (QED) is 0.666. The van der Waals surface area contributed by atoms with Crippen molar-refractivity contribution < 1.29 is 0 Å². The largest absolute Gasteiger partial charge is 0.268 e. The predicted octanol–water partition coefficient (Wildman–Crippen LogP) is 1.46. The van der Waals surface area contributed by atoms with Gasteiger partial charge in [0.1, 0.15) is 0 Å². The Bertz CT molecular complexity index is 303. The molecule has 0 aliphatic rings. The smallest absolute Gasteiger partial charge is 0.266 e. The lowest BCUT2D eigenvalue weighted by Crippen LogP contribution is -2.27. The topological polar surface area (TPSA) is 34.9 Å². The Morgan fingerprint density at radius 3 is 2.58 bits per heavy atom. The van der Waals surface area contributed by atoms with E-state index in [0.717, 1.165) is 0 Å². The van der Waals surface area contributed by atoms with Gasteiger partial charge in [-0.2, -0.15) is 5.10 Å². The van der Waals surface area contributed by atoms with Crippen molar-refractivity contribution in [3.8, 4) is 0 Å². The first-order valence-corrected chi connectivity index (χ1v) is 4.16. The number of hydrogen-bond donors (Lipinski definition) is 0. The summed E-state index contributed by atoms with van der Waals surface area (Å²) in [7, 11) is 0. The summed E-state index contributed by atoms with van der Waals surface area (Å²) in [6.45, 7) is 6.15. The third-order valence-corrected chi connectivity index (χ3v) is 2.09. The lowest BCUT2D eigenvalue weighted by molar-refractivity contribution is 0.360. The molecule has 0 aliphatic carbocycles. The molecule has 0 fully saturated rings. The summed E-state index contributed by atoms with van der Waals surface area (Å²) in [5, 5.41) is 4.00. The molecular formula is C9H14N2O. The van der Waals surface area contributed by atoms with Crippen molar-refractivity contribution in [3.05, 3.63) is 28.7 Å². The predicted molar refractivity (Wildman–Crippen MR) is 48.0 cm³/mol. The molecule has 0 saturated carbocycles. The summed E-state index contributed by atoms with van der Waals surface area (Å²) < 4.78 is 1.52. The molecule has 1 atom stereocenters. The molecule has 12 heavy (non-hydrogen) atoms. The average Bonchev–Trinajstić information content (AvgIpc) is 2.04. The number of nitrogens with zero attached hydrogens (tertiary/aromatic N) is 2. The third-order valence-electron chi connectivity index (χ3n) is 2.09. The van der Waals surface area contributed by atoms with Gasteiger partial charge >= 0.3 is 0 Å². The van der Waals surface area contributed by atoms with Gasteiger partial charge in [0.15, 0.2) is 0 Å². The fraction of sp³-hybridized carbons (Fsp3) is 0.556. The van der Waals surface area contributed by atoms with E-state index in [1.54, 1.807) is 12.3 Å². The maximum Gasteiger partial charge on any atom is 0.266 e. The van der Waals surface area contributed by atoms with Crippen LogP contribution in [-0.2, 0) is 0 Å². The molecule has 1 heterocycles. The Hall–Kier alpha value is -1.12. The zero-order valence-corrected chi connectivity index (χ0v) is 7.69. The Morgan fingerprint density at radius 2 is 2.08 bits per heavy atom. The number of hydrogen-bond acceptors (Lipinski definition) is 2. The van der Waals surface area contributed by atoms with Crippen LogP contribution in [0.3, 0.4) is 0 Å². The zero-order valence-electron chi connectivity index (χ0n) is 7.69. The first-order chi connectivity index (χ1) is 5.63. The summed E-state index contributed by atoms with van der Waals surface area (Å²) in [5.74, 6) is 0.428. The highest BCUT2D eigenvalue weighted by Crippen LogP contribution is 2.11. The Labute approximate surface area is 72.0 Å². The van der Waals surface area contributed by atoms with Gasteiger partial charge in [-0.05, 0) is 18.9 Å². The highest BCUT2D eigenvalue weighted by Gasteiger charge is 2.10. The summed E-state index contributed by atoms with van der Waals surface area (Å²) in [6.07, 6.45) is 1.64. The SMILES string of the molecule is CC(C)C(C)n1ncccc1=O. The first kappa shape index (κ1) is 8.97. The molecule has 1 aromatic rings. The van der Waals surface area contributed by atoms with Gasteiger partial charge in [-0.1, -0.05) is 13.8 Å². The minimum atomic E-state index is -0.0290. The van der Waals surface area contributed by atoms with Crippen molar-refractivity contribution in [1.29, 1.82) is 0 Å². The van der Waals surface area contributed by atoms with Crippen molar-refractivity contribution in [1.82, 2.24) is 9.78 Å². The molecule has 3 heteroatoms. The standard InChI is InChI=1S/C9H14N2O/c1-7(2)8(3)11-9(12)5-4-6-10-11/h4-8H,1-3H3. The summed E-state index contributed by atoms with van der Waals surface area (Å²) >= 11 is 0. The van der Waals surface area contributed by atoms with E-state index >= 15 is 0 Å². The maximum atomic E-state index is 11.3. The number of aromatic nitrogens is 2. The van der Waals surface area contributed by atoms with E-state index in [2.05, 4.69) is 18.9 Å². The van der Waals surface area contributed by atoms with Crippen LogP contribution in [0.15, 0.2) is 23.1 Å². The highest BCUT2D eigenvalue weighted by molar-refractivity contribution is 4.86. The molecule has 0 amide bonds. The van der Waals surface area contributed by atoms with Gasteiger partial charge in [-0.3, -0.25) is 4.79 Å². The van der Waals surface area contributed by atoms with Crippen molar-refractivity contribution in [3.63, 3.8) is 0 Å². The van der Waals surface area contributed by atoms with E-state index in [0.29, 0.717) is 5.92 Å². The molecule has 0 radical (unpaired) electrons. The van der Waals surface area contributed by atoms with Crippen molar-refractivity contribution in [2.45, 2.75) is 26.8 Å². The summed E-state index contributed by atoms with van der Waals surface area (Å²) in [5.41, 5.74) is -0.0290. The van der Waals surface area contributed by atoms with E-state index in [-0.39, 0.29) is 11.6 Å². The van der Waals surface area contributed by atoms with Gasteiger partial charge in [-0.25, -0.2) is 4.68 Å². The van der Waals surface area contributed by atoms with Crippen LogP contribution in [-0.4, -0.2) is 9.78 Å². The molecule has 1 rings (SSSR count). The zero-order chi connectivity index (χ0) is 9.14. The first-order valence-electron chi connectivity index (χ1n) is 4.16. The number of rotatable bonds is 2. The molecule has 0 N–H and O–H groups in total. The van der Waals surface area contributed by atoms with Crippen molar-refractivity contribution >= 4 is 0 Å². The second-order valence-corrected chi connectivity index (χ2v) is 3.29. The lowest BCUT2D eigenvalue weighted by atomic mass is 10.1. The van der Waals surface area contributed by atoms with Crippen LogP contribution in [0.1, 0.15) is 26.8 Å². The average molecular weight is 166 g/mol. The minimum Gasteiger partial charge on any atom is -0.268 e. The van der Waals surface area contributed by atoms with Crippen LogP contribution >= 0.6 is 0 Å². The Morgan fingerprint density at radius 1 is 1.42 bits per heavy atom. The molecule has 1 unspecified atom stereocenters. The highest BCUT2D eigenvalue weighted by atomic mass is 16.1. The molecule has 0 saturated heterocycles. The van der Waals surface area contributed by atoms with E-state index in [9.17, 15) is 4.79 Å². The second-order valence-electron chi connectivity index (χ2n) is 3.29. The van der Waals surface area contributed by atoms with Gasteiger partial charge in [0.2, 0.25) is 0 Å². The van der Waals surface area contributed by atoms with E-state index in [1.807, 2.05) is 6.92 Å². The molecule has 0 aromatic carbocycles. The van der Waals surface area contributed by atoms with Crippen LogP contribution in [0.25, 0.3) is 0 Å². The minimum absolute atomic E-state index is 0.0290. The second kappa shape index (κ2) is 3.52. The normalized spacial score (nSPS) is 13.3. The van der Waals surface area contributed by atoms with Crippen LogP contribution in [0.4, 0.5) is 0 Å². The van der Waals surface area contributed by atoms with Crippen molar-refractivity contribution in [2.75, 3.05) is 0 Å². The summed E-state index contributed by atoms with van der Waals surface area (Å²) in [4.78, 5) is 11.3. The molecule has 1 aromatic heterocycles. The lowest BCUT2D eigenvalue weighted by Gasteiger charge is -2.16.